The largest absolute Gasteiger partial charge is 0.550 e. The van der Waals surface area contributed by atoms with Crippen LogP contribution in [0.1, 0.15) is 24.5 Å². The van der Waals surface area contributed by atoms with E-state index in [4.69, 9.17) is 11.6 Å². The summed E-state index contributed by atoms with van der Waals surface area (Å²) in [5.74, 6) is -1.32. The van der Waals surface area contributed by atoms with Crippen molar-refractivity contribution in [2.24, 2.45) is 5.10 Å². The van der Waals surface area contributed by atoms with Gasteiger partial charge in [0, 0.05) is 24.0 Å². The van der Waals surface area contributed by atoms with Gasteiger partial charge < -0.3 is 9.90 Å². The molecule has 2 aromatic rings. The van der Waals surface area contributed by atoms with E-state index in [1.165, 1.54) is 12.1 Å². The standard InChI is InChI=1S/C18H20ClN3O4S/c1-12-6-7-15(11-17(12)19)22-21-13(2)14-4-3-5-16(10-14)27(25,26)20-9-8-18(23)24/h3-7,10-11,20,22H,8-9H2,1-2H3,(H,23,24)/p-1/b21-13-. The minimum atomic E-state index is -3.82. The molecule has 0 fully saturated rings. The van der Waals surface area contributed by atoms with E-state index in [-0.39, 0.29) is 11.4 Å². The van der Waals surface area contributed by atoms with E-state index in [0.29, 0.717) is 22.0 Å². The smallest absolute Gasteiger partial charge is 0.240 e. The Kier molecular flexibility index (Phi) is 6.95. The van der Waals surface area contributed by atoms with E-state index >= 15 is 0 Å². The van der Waals surface area contributed by atoms with E-state index < -0.39 is 22.4 Å². The molecule has 0 aliphatic carbocycles. The van der Waals surface area contributed by atoms with Crippen molar-refractivity contribution in [1.82, 2.24) is 4.72 Å². The fourth-order valence-electron chi connectivity index (χ4n) is 2.13. The van der Waals surface area contributed by atoms with Gasteiger partial charge in [0.1, 0.15) is 0 Å². The topological polar surface area (TPSA) is 111 Å². The van der Waals surface area contributed by atoms with Gasteiger partial charge in [-0.3, -0.25) is 5.43 Å². The first-order chi connectivity index (χ1) is 12.7. The molecule has 0 spiro atoms. The molecule has 0 saturated heterocycles. The van der Waals surface area contributed by atoms with Gasteiger partial charge in [-0.05, 0) is 49.2 Å². The fraction of sp³-hybridized carbons (Fsp3) is 0.222. The number of hydrazone groups is 1. The van der Waals surface area contributed by atoms with Crippen LogP contribution in [-0.4, -0.2) is 26.6 Å². The summed E-state index contributed by atoms with van der Waals surface area (Å²) in [6.07, 6.45) is -0.400. The maximum absolute atomic E-state index is 12.2. The molecular weight excluding hydrogens is 390 g/mol. The first kappa shape index (κ1) is 20.9. The Hall–Kier alpha value is -2.42. The van der Waals surface area contributed by atoms with E-state index in [1.54, 1.807) is 25.1 Å². The van der Waals surface area contributed by atoms with Gasteiger partial charge in [0.2, 0.25) is 10.0 Å². The molecule has 0 bridgehead atoms. The lowest BCUT2D eigenvalue weighted by atomic mass is 10.1. The number of sulfonamides is 1. The number of aliphatic carboxylic acids is 1. The van der Waals surface area contributed by atoms with Crippen molar-refractivity contribution in [3.63, 3.8) is 0 Å². The normalized spacial score (nSPS) is 12.0. The number of anilines is 1. The highest BCUT2D eigenvalue weighted by Crippen LogP contribution is 2.20. The monoisotopic (exact) mass is 408 g/mol. The zero-order valence-electron chi connectivity index (χ0n) is 14.8. The number of carboxylic acids is 1. The highest BCUT2D eigenvalue weighted by molar-refractivity contribution is 7.89. The van der Waals surface area contributed by atoms with Crippen molar-refractivity contribution in [3.05, 3.63) is 58.6 Å². The average molecular weight is 409 g/mol. The second-order valence-electron chi connectivity index (χ2n) is 5.82. The third kappa shape index (κ3) is 6.06. The highest BCUT2D eigenvalue weighted by Gasteiger charge is 2.14. The van der Waals surface area contributed by atoms with Crippen molar-refractivity contribution in [2.75, 3.05) is 12.0 Å². The van der Waals surface area contributed by atoms with E-state index in [0.717, 1.165) is 5.56 Å². The molecule has 0 amide bonds. The van der Waals surface area contributed by atoms with Gasteiger partial charge in [0.15, 0.2) is 0 Å². The van der Waals surface area contributed by atoms with Crippen LogP contribution < -0.4 is 15.3 Å². The Morgan fingerprint density at radius 3 is 2.63 bits per heavy atom. The fourth-order valence-corrected chi connectivity index (χ4v) is 3.39. The number of benzene rings is 2. The Balaban J connectivity index is 2.15. The molecule has 0 heterocycles. The molecule has 144 valence electrons. The molecule has 2 aromatic carbocycles. The van der Waals surface area contributed by atoms with Crippen LogP contribution in [0, 0.1) is 6.92 Å². The lowest BCUT2D eigenvalue weighted by molar-refractivity contribution is -0.305. The summed E-state index contributed by atoms with van der Waals surface area (Å²) in [7, 11) is -3.82. The molecular formula is C18H19ClN3O4S-. The Morgan fingerprint density at radius 2 is 1.96 bits per heavy atom. The third-order valence-corrected chi connectivity index (χ3v) is 5.57. The molecule has 2 N–H and O–H groups in total. The van der Waals surface area contributed by atoms with Crippen LogP contribution in [0.5, 0.6) is 0 Å². The molecule has 0 saturated carbocycles. The first-order valence-electron chi connectivity index (χ1n) is 8.05. The average Bonchev–Trinajstić information content (AvgIpc) is 2.62. The summed E-state index contributed by atoms with van der Waals surface area (Å²) < 4.78 is 26.7. The Morgan fingerprint density at radius 1 is 1.22 bits per heavy atom. The molecule has 0 aromatic heterocycles. The number of halogens is 1. The SMILES string of the molecule is C/C(=N/Nc1ccc(C)c(Cl)c1)c1cccc(S(=O)(=O)NCCC(=O)[O-])c1. The number of nitrogens with one attached hydrogen (secondary N) is 2. The summed E-state index contributed by atoms with van der Waals surface area (Å²) >= 11 is 6.08. The van der Waals surface area contributed by atoms with Crippen LogP contribution in [-0.2, 0) is 14.8 Å². The van der Waals surface area contributed by atoms with Crippen LogP contribution in [0.15, 0.2) is 52.5 Å². The number of carbonyl (C=O) groups excluding carboxylic acids is 1. The molecule has 7 nitrogen and oxygen atoms in total. The van der Waals surface area contributed by atoms with E-state index in [1.807, 2.05) is 19.1 Å². The number of nitrogens with zero attached hydrogens (tertiary/aromatic N) is 1. The molecule has 0 atom stereocenters. The summed E-state index contributed by atoms with van der Waals surface area (Å²) in [6.45, 7) is 3.39. The second kappa shape index (κ2) is 8.98. The number of hydrogen-bond acceptors (Lipinski definition) is 6. The van der Waals surface area contributed by atoms with E-state index in [9.17, 15) is 18.3 Å². The van der Waals surface area contributed by atoms with Crippen molar-refractivity contribution >= 4 is 39.0 Å². The van der Waals surface area contributed by atoms with Gasteiger partial charge in [-0.2, -0.15) is 5.10 Å². The highest BCUT2D eigenvalue weighted by atomic mass is 35.5. The molecule has 0 radical (unpaired) electrons. The van der Waals surface area contributed by atoms with E-state index in [2.05, 4.69) is 15.2 Å². The van der Waals surface area contributed by atoms with Crippen molar-refractivity contribution in [2.45, 2.75) is 25.2 Å². The third-order valence-electron chi connectivity index (χ3n) is 3.71. The van der Waals surface area contributed by atoms with Gasteiger partial charge in [-0.1, -0.05) is 29.8 Å². The van der Waals surface area contributed by atoms with Crippen molar-refractivity contribution in [3.8, 4) is 0 Å². The van der Waals surface area contributed by atoms with Crippen molar-refractivity contribution < 1.29 is 18.3 Å². The molecule has 9 heteroatoms. The minimum Gasteiger partial charge on any atom is -0.550 e. The molecule has 27 heavy (non-hydrogen) atoms. The summed E-state index contributed by atoms with van der Waals surface area (Å²) in [4.78, 5) is 10.4. The maximum Gasteiger partial charge on any atom is 0.240 e. The molecule has 0 unspecified atom stereocenters. The summed E-state index contributed by atoms with van der Waals surface area (Å²) in [5, 5.41) is 15.3. The molecule has 2 rings (SSSR count). The first-order valence-corrected chi connectivity index (χ1v) is 9.91. The number of carboxylic acid groups (broad SMARTS) is 1. The summed E-state index contributed by atoms with van der Waals surface area (Å²) in [6, 6.07) is 11.6. The molecule has 0 aliphatic rings. The molecule has 0 aliphatic heterocycles. The quantitative estimate of drug-likeness (QED) is 0.512. The van der Waals surface area contributed by atoms with Crippen LogP contribution in [0.3, 0.4) is 0 Å². The number of hydrogen-bond donors (Lipinski definition) is 2. The predicted octanol–water partition coefficient (Wildman–Crippen LogP) is 1.90. The lowest BCUT2D eigenvalue weighted by Crippen LogP contribution is -2.31. The Labute approximate surface area is 163 Å². The second-order valence-corrected chi connectivity index (χ2v) is 7.99. The van der Waals surface area contributed by atoms with Gasteiger partial charge in [0.05, 0.1) is 16.3 Å². The lowest BCUT2D eigenvalue weighted by Gasteiger charge is -2.09. The minimum absolute atomic E-state index is 0.0197. The number of carbonyl (C=O) groups is 1. The van der Waals surface area contributed by atoms with Crippen LogP contribution in [0.4, 0.5) is 5.69 Å². The summed E-state index contributed by atoms with van der Waals surface area (Å²) in [5.41, 5.74) is 5.71. The number of rotatable bonds is 8. The van der Waals surface area contributed by atoms with Gasteiger partial charge >= 0.3 is 0 Å². The van der Waals surface area contributed by atoms with Crippen LogP contribution in [0.25, 0.3) is 0 Å². The van der Waals surface area contributed by atoms with Crippen LogP contribution in [0.2, 0.25) is 5.02 Å². The zero-order chi connectivity index (χ0) is 20.0. The van der Waals surface area contributed by atoms with Crippen LogP contribution >= 0.6 is 11.6 Å². The predicted molar refractivity (Wildman–Crippen MR) is 103 cm³/mol. The zero-order valence-corrected chi connectivity index (χ0v) is 16.4. The number of aryl methyl sites for hydroxylation is 1. The van der Waals surface area contributed by atoms with Crippen molar-refractivity contribution in [1.29, 1.82) is 0 Å². The van der Waals surface area contributed by atoms with Gasteiger partial charge in [-0.15, -0.1) is 0 Å². The van der Waals surface area contributed by atoms with Gasteiger partial charge in [0.25, 0.3) is 0 Å². The van der Waals surface area contributed by atoms with Gasteiger partial charge in [-0.25, -0.2) is 13.1 Å². The Bertz CT molecular complexity index is 974. The maximum atomic E-state index is 12.2.